The number of benzene rings is 1. The van der Waals surface area contributed by atoms with Crippen LogP contribution in [-0.4, -0.2) is 39.0 Å². The van der Waals surface area contributed by atoms with Crippen molar-refractivity contribution in [2.45, 2.75) is 13.2 Å². The van der Waals surface area contributed by atoms with E-state index in [4.69, 9.17) is 12.8 Å². The van der Waals surface area contributed by atoms with E-state index in [9.17, 15) is 15.0 Å². The number of aliphatic imine (C=N–C) groups is 2. The fourth-order valence-corrected chi connectivity index (χ4v) is 1.80. The van der Waals surface area contributed by atoms with E-state index >= 15 is 0 Å². The van der Waals surface area contributed by atoms with Gasteiger partial charge in [-0.25, -0.2) is 4.99 Å². The maximum atomic E-state index is 11.8. The van der Waals surface area contributed by atoms with E-state index in [1.165, 1.54) is 22.7 Å². The Morgan fingerprint density at radius 3 is 3.10 bits per heavy atom. The number of hydrogen-bond acceptors (Lipinski definition) is 7. The van der Waals surface area contributed by atoms with E-state index in [1.54, 1.807) is 19.1 Å². The molecule has 1 aliphatic rings. The Labute approximate surface area is 120 Å². The van der Waals surface area contributed by atoms with Gasteiger partial charge in [0.05, 0.1) is 4.92 Å². The molecule has 0 spiro atoms. The minimum Gasteiger partial charge on any atom is -0.692 e. The van der Waals surface area contributed by atoms with Crippen molar-refractivity contribution in [1.29, 1.82) is 0 Å². The Morgan fingerprint density at radius 2 is 2.40 bits per heavy atom. The van der Waals surface area contributed by atoms with Crippen LogP contribution in [0.2, 0.25) is 0 Å². The van der Waals surface area contributed by atoms with Crippen LogP contribution in [-0.2, 0) is 12.8 Å². The Morgan fingerprint density at radius 1 is 1.65 bits per heavy atom. The first-order valence-corrected chi connectivity index (χ1v) is 6.04. The molecule has 0 bridgehead atoms. The molecule has 0 fully saturated rings. The zero-order chi connectivity index (χ0) is 14.7. The van der Waals surface area contributed by atoms with Crippen LogP contribution in [0.1, 0.15) is 12.5 Å². The van der Waals surface area contributed by atoms with Crippen molar-refractivity contribution >= 4 is 30.6 Å². The van der Waals surface area contributed by atoms with E-state index in [0.29, 0.717) is 16.2 Å². The molecule has 1 aliphatic heterocycles. The van der Waals surface area contributed by atoms with Crippen molar-refractivity contribution in [3.8, 4) is 0 Å². The predicted octanol–water partition coefficient (Wildman–Crippen LogP) is 1.23. The first-order valence-electron chi connectivity index (χ1n) is 5.68. The van der Waals surface area contributed by atoms with Crippen molar-refractivity contribution < 1.29 is 9.68 Å². The van der Waals surface area contributed by atoms with Gasteiger partial charge in [-0.2, -0.15) is 0 Å². The molecule has 8 nitrogen and oxygen atoms in total. The Kier molecular flexibility index (Phi) is 4.20. The quantitative estimate of drug-likeness (QED) is 0.275. The molecular weight excluding hydrogens is 282 g/mol. The number of nitroso groups, excluding NO2 is 1. The van der Waals surface area contributed by atoms with Gasteiger partial charge in [-0.1, -0.05) is 22.0 Å². The van der Waals surface area contributed by atoms with E-state index < -0.39 is 11.2 Å². The Balaban J connectivity index is 2.21. The molecule has 1 unspecified atom stereocenters. The number of non-ortho nitro benzene ring substituents is 1. The summed E-state index contributed by atoms with van der Waals surface area (Å²) in [5.74, 6) is 0.298. The highest BCUT2D eigenvalue weighted by Gasteiger charge is 2.29. The van der Waals surface area contributed by atoms with Gasteiger partial charge in [0.25, 0.3) is 12.0 Å². The largest absolute Gasteiger partial charge is 0.692 e. The molecule has 20 heavy (non-hydrogen) atoms. The second kappa shape index (κ2) is 5.88. The molecule has 0 N–H and O–H groups in total. The smallest absolute Gasteiger partial charge is 0.333 e. The second-order valence-electron chi connectivity index (χ2n) is 4.07. The van der Waals surface area contributed by atoms with E-state index in [0.717, 1.165) is 0 Å². The van der Waals surface area contributed by atoms with Crippen molar-refractivity contribution in [3.63, 3.8) is 0 Å². The third-order valence-corrected chi connectivity index (χ3v) is 2.97. The second-order valence-corrected chi connectivity index (χ2v) is 4.54. The third-order valence-electron chi connectivity index (χ3n) is 2.66. The highest BCUT2D eigenvalue weighted by atomic mass is 32.1. The summed E-state index contributed by atoms with van der Waals surface area (Å²) in [6.07, 6.45) is 0.502. The minimum absolute atomic E-state index is 0.0375. The molecule has 1 aromatic rings. The van der Waals surface area contributed by atoms with Gasteiger partial charge < -0.3 is 17.1 Å². The molecular formula is C11H11N5O3S. The van der Waals surface area contributed by atoms with Crippen molar-refractivity contribution in [3.05, 3.63) is 44.9 Å². The molecule has 1 heterocycles. The molecule has 2 rings (SSSR count). The van der Waals surface area contributed by atoms with Crippen molar-refractivity contribution in [1.82, 2.24) is 4.31 Å². The lowest BCUT2D eigenvalue weighted by molar-refractivity contribution is -0.502. The summed E-state index contributed by atoms with van der Waals surface area (Å²) in [5.41, 5.74) is 0.487. The normalized spacial score (nSPS) is 20.2. The number of nitro benzene ring substituents is 1. The van der Waals surface area contributed by atoms with Crippen LogP contribution in [0.5, 0.6) is 0 Å². The highest BCUT2D eigenvalue weighted by molar-refractivity contribution is 7.55. The van der Waals surface area contributed by atoms with Gasteiger partial charge in [-0.15, -0.1) is 0 Å². The van der Waals surface area contributed by atoms with Crippen LogP contribution >= 0.6 is 0 Å². The SMILES string of the molecule is CC1=NCN([S-])C(N=Cc2cccc([N+](=O)[O-])c2)[N+]1=O. The number of hydrogen-bond donors (Lipinski definition) is 0. The van der Waals surface area contributed by atoms with Gasteiger partial charge in [0, 0.05) is 30.0 Å². The molecule has 9 heteroatoms. The van der Waals surface area contributed by atoms with Crippen LogP contribution in [0.4, 0.5) is 5.69 Å². The lowest BCUT2D eigenvalue weighted by Crippen LogP contribution is -2.44. The van der Waals surface area contributed by atoms with Crippen molar-refractivity contribution in [2.75, 3.05) is 6.67 Å². The fourth-order valence-electron chi connectivity index (χ4n) is 1.61. The fraction of sp³-hybridized carbons (Fsp3) is 0.273. The third kappa shape index (κ3) is 3.06. The summed E-state index contributed by atoms with van der Waals surface area (Å²) in [6.45, 7) is 1.78. The molecule has 1 atom stereocenters. The first kappa shape index (κ1) is 14.3. The summed E-state index contributed by atoms with van der Waals surface area (Å²) in [6, 6.07) is 5.96. The summed E-state index contributed by atoms with van der Waals surface area (Å²) in [7, 11) is 0. The molecule has 0 saturated heterocycles. The standard InChI is InChI=1S/C11H11N5O3S/c1-8-13-7-14(20)11(15(8)17)12-6-9-3-2-4-10(5-9)16(18)19/h2-6,11H,7H2,1H3. The molecule has 0 amide bonds. The van der Waals surface area contributed by atoms with E-state index in [1.807, 2.05) is 0 Å². The van der Waals surface area contributed by atoms with Gasteiger partial charge >= 0.3 is 5.84 Å². The van der Waals surface area contributed by atoms with Crippen LogP contribution < -0.4 is 0 Å². The lowest BCUT2D eigenvalue weighted by atomic mass is 10.2. The van der Waals surface area contributed by atoms with Crippen molar-refractivity contribution in [2.24, 2.45) is 9.98 Å². The van der Waals surface area contributed by atoms with Gasteiger partial charge in [0.2, 0.25) is 0 Å². The maximum absolute atomic E-state index is 11.8. The monoisotopic (exact) mass is 293 g/mol. The summed E-state index contributed by atoms with van der Waals surface area (Å²) < 4.78 is 1.86. The number of nitrogens with zero attached hydrogens (tertiary/aromatic N) is 5. The first-order chi connectivity index (χ1) is 9.49. The summed E-state index contributed by atoms with van der Waals surface area (Å²) in [4.78, 5) is 30.0. The topological polar surface area (TPSA) is 91.2 Å². The Hall–Kier alpha value is -2.13. The average Bonchev–Trinajstić information content (AvgIpc) is 2.43. The molecule has 0 aromatic heterocycles. The van der Waals surface area contributed by atoms with Crippen LogP contribution in [0.3, 0.4) is 0 Å². The molecule has 0 radical (unpaired) electrons. The molecule has 0 saturated carbocycles. The summed E-state index contributed by atoms with van der Waals surface area (Å²) >= 11 is 4.99. The van der Waals surface area contributed by atoms with Gasteiger partial charge in [0.15, 0.2) is 6.67 Å². The zero-order valence-corrected chi connectivity index (χ0v) is 11.4. The maximum Gasteiger partial charge on any atom is 0.333 e. The number of rotatable bonds is 3. The van der Waals surface area contributed by atoms with Gasteiger partial charge in [-0.3, -0.25) is 10.1 Å². The lowest BCUT2D eigenvalue weighted by Gasteiger charge is -2.29. The molecule has 1 aromatic carbocycles. The number of nitro groups is 1. The van der Waals surface area contributed by atoms with Crippen LogP contribution in [0, 0.1) is 15.0 Å². The summed E-state index contributed by atoms with van der Waals surface area (Å²) in [5, 5.41) is 10.7. The van der Waals surface area contributed by atoms with Crippen LogP contribution in [0.15, 0.2) is 34.3 Å². The molecule has 0 aliphatic carbocycles. The number of amidine groups is 1. The van der Waals surface area contributed by atoms with E-state index in [-0.39, 0.29) is 12.4 Å². The zero-order valence-electron chi connectivity index (χ0n) is 10.5. The van der Waals surface area contributed by atoms with Gasteiger partial charge in [-0.05, 0) is 5.56 Å². The average molecular weight is 293 g/mol. The highest BCUT2D eigenvalue weighted by Crippen LogP contribution is 2.13. The van der Waals surface area contributed by atoms with Crippen LogP contribution in [0.25, 0.3) is 0 Å². The van der Waals surface area contributed by atoms with Gasteiger partial charge in [0.1, 0.15) is 0 Å². The Bertz CT molecular complexity index is 616. The minimum atomic E-state index is -0.887. The van der Waals surface area contributed by atoms with E-state index in [2.05, 4.69) is 9.98 Å². The predicted molar refractivity (Wildman–Crippen MR) is 75.3 cm³/mol. The molecule has 104 valence electrons.